The Bertz CT molecular complexity index is 421. The van der Waals surface area contributed by atoms with Gasteiger partial charge >= 0.3 is 0 Å². The topological polar surface area (TPSA) is 51.5 Å². The molecule has 0 spiro atoms. The van der Waals surface area contributed by atoms with Crippen molar-refractivity contribution < 1.29 is 4.74 Å². The van der Waals surface area contributed by atoms with E-state index in [2.05, 4.69) is 22.3 Å². The molecule has 5 heteroatoms. The average Bonchev–Trinajstić information content (AvgIpc) is 2.68. The number of anilines is 1. The minimum absolute atomic E-state index is 0.303. The molecule has 16 heavy (non-hydrogen) atoms. The Labute approximate surface area is 94.4 Å². The molecule has 2 aromatic rings. The van der Waals surface area contributed by atoms with Crippen molar-refractivity contribution in [2.75, 3.05) is 19.0 Å². The van der Waals surface area contributed by atoms with Crippen LogP contribution in [0.3, 0.4) is 0 Å². The number of pyridine rings is 1. The molecule has 2 heterocycles. The monoisotopic (exact) mass is 220 g/mol. The summed E-state index contributed by atoms with van der Waals surface area (Å²) in [6, 6.07) is 6.11. The third-order valence-corrected chi connectivity index (χ3v) is 2.37. The van der Waals surface area contributed by atoms with E-state index >= 15 is 0 Å². The number of nitrogens with zero attached hydrogens (tertiary/aromatic N) is 3. The fourth-order valence-corrected chi connectivity index (χ4v) is 1.48. The molecule has 86 valence electrons. The molecule has 0 fully saturated rings. The average molecular weight is 220 g/mol. The predicted octanol–water partition coefficient (Wildman–Crippen LogP) is 1.57. The molecule has 2 aromatic heterocycles. The van der Waals surface area contributed by atoms with E-state index in [4.69, 9.17) is 4.74 Å². The summed E-state index contributed by atoms with van der Waals surface area (Å²) in [5, 5.41) is 7.56. The van der Waals surface area contributed by atoms with Crippen molar-refractivity contribution in [1.82, 2.24) is 14.6 Å². The minimum Gasteiger partial charge on any atom is -0.385 e. The highest BCUT2D eigenvalue weighted by atomic mass is 16.5. The largest absolute Gasteiger partial charge is 0.385 e. The molecule has 0 saturated heterocycles. The van der Waals surface area contributed by atoms with Gasteiger partial charge in [0, 0.05) is 26.0 Å². The number of fused-ring (bicyclic) bond motifs is 1. The van der Waals surface area contributed by atoms with Crippen LogP contribution in [0.2, 0.25) is 0 Å². The summed E-state index contributed by atoms with van der Waals surface area (Å²) in [7, 11) is 1.70. The van der Waals surface area contributed by atoms with Crippen LogP contribution in [-0.2, 0) is 4.74 Å². The molecule has 1 N–H and O–H groups in total. The lowest BCUT2D eigenvalue weighted by Crippen LogP contribution is -2.18. The molecule has 0 aromatic carbocycles. The summed E-state index contributed by atoms with van der Waals surface area (Å²) >= 11 is 0. The van der Waals surface area contributed by atoms with Gasteiger partial charge in [0.05, 0.1) is 0 Å². The minimum atomic E-state index is 0.303. The third kappa shape index (κ3) is 2.49. The van der Waals surface area contributed by atoms with Gasteiger partial charge in [-0.2, -0.15) is 4.98 Å². The van der Waals surface area contributed by atoms with Gasteiger partial charge in [0.25, 0.3) is 0 Å². The molecule has 0 bridgehead atoms. The maximum absolute atomic E-state index is 5.02. The smallest absolute Gasteiger partial charge is 0.243 e. The zero-order valence-corrected chi connectivity index (χ0v) is 9.55. The Balaban J connectivity index is 2.03. The van der Waals surface area contributed by atoms with Crippen molar-refractivity contribution in [2.45, 2.75) is 19.4 Å². The molecule has 0 saturated carbocycles. The van der Waals surface area contributed by atoms with Gasteiger partial charge in [-0.1, -0.05) is 6.07 Å². The van der Waals surface area contributed by atoms with Crippen LogP contribution in [0.5, 0.6) is 0 Å². The first-order valence-electron chi connectivity index (χ1n) is 5.36. The van der Waals surface area contributed by atoms with Crippen molar-refractivity contribution in [3.8, 4) is 0 Å². The van der Waals surface area contributed by atoms with Crippen LogP contribution < -0.4 is 5.32 Å². The van der Waals surface area contributed by atoms with E-state index in [-0.39, 0.29) is 0 Å². The van der Waals surface area contributed by atoms with E-state index in [1.54, 1.807) is 11.6 Å². The standard InChI is InChI=1S/C11H16N4O/c1-9(6-8-16-2)12-11-13-10-5-3-4-7-15(10)14-11/h3-5,7,9H,6,8H2,1-2H3,(H,12,14). The molecule has 0 aliphatic rings. The molecule has 0 aliphatic heterocycles. The first-order valence-corrected chi connectivity index (χ1v) is 5.36. The molecular weight excluding hydrogens is 204 g/mol. The lowest BCUT2D eigenvalue weighted by molar-refractivity contribution is 0.191. The first kappa shape index (κ1) is 10.9. The summed E-state index contributed by atoms with van der Waals surface area (Å²) in [6.07, 6.45) is 2.82. The molecule has 0 amide bonds. The Morgan fingerprint density at radius 3 is 3.12 bits per heavy atom. The van der Waals surface area contributed by atoms with E-state index in [1.807, 2.05) is 24.4 Å². The number of methoxy groups -OCH3 is 1. The van der Waals surface area contributed by atoms with Crippen LogP contribution in [0, 0.1) is 0 Å². The summed E-state index contributed by atoms with van der Waals surface area (Å²) in [4.78, 5) is 4.36. The van der Waals surface area contributed by atoms with E-state index < -0.39 is 0 Å². The Morgan fingerprint density at radius 2 is 2.38 bits per heavy atom. The zero-order chi connectivity index (χ0) is 11.4. The second-order valence-electron chi connectivity index (χ2n) is 3.77. The fraction of sp³-hybridized carbons (Fsp3) is 0.455. The highest BCUT2D eigenvalue weighted by molar-refractivity contribution is 5.43. The Kier molecular flexibility index (Phi) is 3.36. The number of rotatable bonds is 5. The van der Waals surface area contributed by atoms with Gasteiger partial charge in [-0.15, -0.1) is 5.10 Å². The SMILES string of the molecule is COCCC(C)Nc1nc2ccccn2n1. The maximum atomic E-state index is 5.02. The molecule has 2 rings (SSSR count). The van der Waals surface area contributed by atoms with Crippen LogP contribution in [-0.4, -0.2) is 34.4 Å². The van der Waals surface area contributed by atoms with Gasteiger partial charge in [-0.05, 0) is 25.5 Å². The number of aromatic nitrogens is 3. The first-order chi connectivity index (χ1) is 7.79. The van der Waals surface area contributed by atoms with Crippen molar-refractivity contribution in [3.05, 3.63) is 24.4 Å². The van der Waals surface area contributed by atoms with E-state index in [0.717, 1.165) is 18.7 Å². The summed E-state index contributed by atoms with van der Waals surface area (Å²) in [5.74, 6) is 0.662. The second-order valence-corrected chi connectivity index (χ2v) is 3.77. The van der Waals surface area contributed by atoms with Gasteiger partial charge in [-0.25, -0.2) is 4.52 Å². The molecular formula is C11H16N4O. The number of hydrogen-bond donors (Lipinski definition) is 1. The molecule has 1 unspecified atom stereocenters. The number of hydrogen-bond acceptors (Lipinski definition) is 4. The van der Waals surface area contributed by atoms with Gasteiger partial charge < -0.3 is 10.1 Å². The van der Waals surface area contributed by atoms with Crippen molar-refractivity contribution in [2.24, 2.45) is 0 Å². The Morgan fingerprint density at radius 1 is 1.50 bits per heavy atom. The molecule has 0 aliphatic carbocycles. The van der Waals surface area contributed by atoms with Crippen LogP contribution in [0.15, 0.2) is 24.4 Å². The highest BCUT2D eigenvalue weighted by Crippen LogP contribution is 2.06. The number of ether oxygens (including phenoxy) is 1. The van der Waals surface area contributed by atoms with Gasteiger partial charge in [0.15, 0.2) is 5.65 Å². The van der Waals surface area contributed by atoms with Crippen LogP contribution in [0.4, 0.5) is 5.95 Å². The van der Waals surface area contributed by atoms with Crippen LogP contribution >= 0.6 is 0 Å². The molecule has 0 radical (unpaired) electrons. The maximum Gasteiger partial charge on any atom is 0.243 e. The van der Waals surface area contributed by atoms with Crippen LogP contribution in [0.1, 0.15) is 13.3 Å². The second kappa shape index (κ2) is 4.94. The predicted molar refractivity (Wildman–Crippen MR) is 62.6 cm³/mol. The summed E-state index contributed by atoms with van der Waals surface area (Å²) in [5.41, 5.74) is 0.851. The third-order valence-electron chi connectivity index (χ3n) is 2.37. The van der Waals surface area contributed by atoms with E-state index in [0.29, 0.717) is 12.0 Å². The lowest BCUT2D eigenvalue weighted by atomic mass is 10.2. The van der Waals surface area contributed by atoms with E-state index in [1.165, 1.54) is 0 Å². The van der Waals surface area contributed by atoms with Gasteiger partial charge in [0.1, 0.15) is 0 Å². The summed E-state index contributed by atoms with van der Waals surface area (Å²) in [6.45, 7) is 2.83. The van der Waals surface area contributed by atoms with Crippen molar-refractivity contribution >= 4 is 11.6 Å². The molecule has 1 atom stereocenters. The quantitative estimate of drug-likeness (QED) is 0.831. The fourth-order valence-electron chi connectivity index (χ4n) is 1.48. The zero-order valence-electron chi connectivity index (χ0n) is 9.55. The van der Waals surface area contributed by atoms with Crippen LogP contribution in [0.25, 0.3) is 5.65 Å². The summed E-state index contributed by atoms with van der Waals surface area (Å²) < 4.78 is 6.78. The Hall–Kier alpha value is -1.62. The van der Waals surface area contributed by atoms with Gasteiger partial charge in [-0.3, -0.25) is 0 Å². The van der Waals surface area contributed by atoms with Crippen molar-refractivity contribution in [1.29, 1.82) is 0 Å². The molecule has 5 nitrogen and oxygen atoms in total. The van der Waals surface area contributed by atoms with Crippen molar-refractivity contribution in [3.63, 3.8) is 0 Å². The van der Waals surface area contributed by atoms with E-state index in [9.17, 15) is 0 Å². The van der Waals surface area contributed by atoms with Gasteiger partial charge in [0.2, 0.25) is 5.95 Å². The lowest BCUT2D eigenvalue weighted by Gasteiger charge is -2.10. The number of nitrogens with one attached hydrogen (secondary N) is 1. The highest BCUT2D eigenvalue weighted by Gasteiger charge is 2.06. The normalized spacial score (nSPS) is 12.9.